The average Bonchev–Trinajstić information content (AvgIpc) is 3.19. The third-order valence-corrected chi connectivity index (χ3v) is 6.67. The summed E-state index contributed by atoms with van der Waals surface area (Å²) in [6.07, 6.45) is 5.91. The number of nitrogens with zero attached hydrogens (tertiary/aromatic N) is 3. The summed E-state index contributed by atoms with van der Waals surface area (Å²) in [5.41, 5.74) is 8.14. The molecule has 5 rings (SSSR count). The molecule has 2 fully saturated rings. The number of hydrogen-bond acceptors (Lipinski definition) is 3. The van der Waals surface area contributed by atoms with Crippen molar-refractivity contribution in [3.63, 3.8) is 0 Å². The lowest BCUT2D eigenvalue weighted by Gasteiger charge is -2.42. The molecule has 2 aromatic carbocycles. The van der Waals surface area contributed by atoms with Crippen LogP contribution in [0.1, 0.15) is 43.7 Å². The molecule has 0 aliphatic carbocycles. The molecule has 2 amide bonds. The predicted molar refractivity (Wildman–Crippen MR) is 115 cm³/mol. The number of aromatic amines is 1. The molecule has 1 aromatic heterocycles. The molecule has 3 aromatic rings. The number of primary amides is 1. The first-order chi connectivity index (χ1) is 15.0. The van der Waals surface area contributed by atoms with Crippen LogP contribution in [-0.2, 0) is 0 Å². The van der Waals surface area contributed by atoms with Crippen LogP contribution in [0.15, 0.2) is 36.4 Å². The van der Waals surface area contributed by atoms with E-state index in [0.717, 1.165) is 48.1 Å². The maximum Gasteiger partial charge on any atom is 0.323 e. The Kier molecular flexibility index (Phi) is 5.09. The molecule has 0 saturated carbocycles. The Morgan fingerprint density at radius 1 is 1.06 bits per heavy atom. The van der Waals surface area contributed by atoms with E-state index in [1.54, 1.807) is 6.07 Å². The summed E-state index contributed by atoms with van der Waals surface area (Å²) in [5.74, 6) is -1.67. The van der Waals surface area contributed by atoms with Gasteiger partial charge in [0.25, 0.3) is 0 Å². The van der Waals surface area contributed by atoms with Crippen molar-refractivity contribution in [2.75, 3.05) is 18.0 Å². The summed E-state index contributed by atoms with van der Waals surface area (Å²) >= 11 is 0. The lowest BCUT2D eigenvalue weighted by Crippen LogP contribution is -2.44. The first kappa shape index (κ1) is 19.9. The van der Waals surface area contributed by atoms with Gasteiger partial charge in [-0.1, -0.05) is 6.42 Å². The molecule has 2 atom stereocenters. The minimum Gasteiger partial charge on any atom is -0.351 e. The van der Waals surface area contributed by atoms with Crippen LogP contribution in [0.2, 0.25) is 0 Å². The average molecular weight is 425 g/mol. The van der Waals surface area contributed by atoms with Crippen molar-refractivity contribution in [2.45, 2.75) is 44.1 Å². The van der Waals surface area contributed by atoms with Gasteiger partial charge in [0.2, 0.25) is 0 Å². The van der Waals surface area contributed by atoms with E-state index in [1.807, 2.05) is 12.1 Å². The highest BCUT2D eigenvalue weighted by molar-refractivity contribution is 6.00. The van der Waals surface area contributed by atoms with Gasteiger partial charge in [-0.3, -0.25) is 10.00 Å². The van der Waals surface area contributed by atoms with Crippen LogP contribution in [0, 0.1) is 11.6 Å². The molecule has 3 heterocycles. The van der Waals surface area contributed by atoms with E-state index in [1.165, 1.54) is 36.8 Å². The van der Waals surface area contributed by atoms with Crippen molar-refractivity contribution >= 4 is 28.3 Å². The number of carbonyl (C=O) groups excluding carboxylic acids is 1. The van der Waals surface area contributed by atoms with Crippen molar-refractivity contribution in [1.29, 1.82) is 0 Å². The number of benzene rings is 2. The van der Waals surface area contributed by atoms with Crippen LogP contribution in [-0.4, -0.2) is 40.3 Å². The van der Waals surface area contributed by atoms with Gasteiger partial charge in [0.1, 0.15) is 0 Å². The zero-order chi connectivity index (χ0) is 21.5. The number of nitrogens with one attached hydrogen (secondary N) is 1. The molecule has 2 aliphatic heterocycles. The fourth-order valence-electron chi connectivity index (χ4n) is 5.14. The highest BCUT2D eigenvalue weighted by Crippen LogP contribution is 2.38. The largest absolute Gasteiger partial charge is 0.351 e. The van der Waals surface area contributed by atoms with Gasteiger partial charge in [0.15, 0.2) is 11.6 Å². The summed E-state index contributed by atoms with van der Waals surface area (Å²) in [6, 6.07) is 8.54. The van der Waals surface area contributed by atoms with Crippen LogP contribution in [0.3, 0.4) is 0 Å². The smallest absolute Gasteiger partial charge is 0.323 e. The number of halogens is 2. The molecule has 2 aliphatic rings. The first-order valence-electron chi connectivity index (χ1n) is 10.8. The fraction of sp³-hybridized carbons (Fsp3) is 0.391. The van der Waals surface area contributed by atoms with E-state index in [4.69, 9.17) is 5.73 Å². The van der Waals surface area contributed by atoms with Crippen molar-refractivity contribution in [3.05, 3.63) is 53.7 Å². The van der Waals surface area contributed by atoms with Crippen molar-refractivity contribution < 1.29 is 13.6 Å². The Labute approximate surface area is 179 Å². The van der Waals surface area contributed by atoms with E-state index in [-0.39, 0.29) is 5.69 Å². The number of anilines is 2. The summed E-state index contributed by atoms with van der Waals surface area (Å²) in [7, 11) is 0. The molecule has 2 unspecified atom stereocenters. The maximum absolute atomic E-state index is 13.8. The van der Waals surface area contributed by atoms with Gasteiger partial charge in [-0.15, -0.1) is 0 Å². The first-order valence-corrected chi connectivity index (χ1v) is 10.8. The standard InChI is InChI=1S/C23H25F2N5O/c24-19-6-4-17(13-20(19)25)30(23(26)31)16-5-7-21-18(12-16)22(28-27-21)14-8-10-29-9-2-1-3-15(29)11-14/h4-7,12-15H,1-3,8-11H2,(H2,26,31)(H,27,28). The van der Waals surface area contributed by atoms with Gasteiger partial charge in [0, 0.05) is 23.4 Å². The monoisotopic (exact) mass is 425 g/mol. The van der Waals surface area contributed by atoms with Crippen LogP contribution in [0.4, 0.5) is 25.0 Å². The topological polar surface area (TPSA) is 78.2 Å². The number of hydrogen-bond donors (Lipinski definition) is 2. The minimum absolute atomic E-state index is 0.173. The number of fused-ring (bicyclic) bond motifs is 2. The number of urea groups is 1. The Morgan fingerprint density at radius 2 is 1.87 bits per heavy atom. The zero-order valence-corrected chi connectivity index (χ0v) is 17.2. The van der Waals surface area contributed by atoms with E-state index < -0.39 is 17.7 Å². The number of amides is 2. The minimum atomic E-state index is -1.03. The lowest BCUT2D eigenvalue weighted by atomic mass is 9.83. The zero-order valence-electron chi connectivity index (χ0n) is 17.2. The van der Waals surface area contributed by atoms with Crippen molar-refractivity contribution in [3.8, 4) is 0 Å². The maximum atomic E-state index is 13.8. The van der Waals surface area contributed by atoms with E-state index >= 15 is 0 Å². The Bertz CT molecular complexity index is 1130. The Balaban J connectivity index is 1.50. The summed E-state index contributed by atoms with van der Waals surface area (Å²) in [6.45, 7) is 2.26. The van der Waals surface area contributed by atoms with Crippen molar-refractivity contribution in [1.82, 2.24) is 15.1 Å². The number of nitrogens with two attached hydrogens (primary N) is 1. The molecule has 162 valence electrons. The normalized spacial score (nSPS) is 21.7. The fourth-order valence-corrected chi connectivity index (χ4v) is 5.14. The molecule has 31 heavy (non-hydrogen) atoms. The summed E-state index contributed by atoms with van der Waals surface area (Å²) in [4.78, 5) is 16.0. The molecular formula is C23H25F2N5O. The lowest BCUT2D eigenvalue weighted by molar-refractivity contribution is 0.0968. The van der Waals surface area contributed by atoms with Gasteiger partial charge in [-0.05, 0) is 69.1 Å². The van der Waals surface area contributed by atoms with E-state index in [2.05, 4.69) is 15.1 Å². The predicted octanol–water partition coefficient (Wildman–Crippen LogP) is 4.79. The quantitative estimate of drug-likeness (QED) is 0.633. The molecule has 0 bridgehead atoms. The van der Waals surface area contributed by atoms with Gasteiger partial charge in [-0.2, -0.15) is 5.10 Å². The third-order valence-electron chi connectivity index (χ3n) is 6.67. The second kappa shape index (κ2) is 7.92. The Hall–Kier alpha value is -3.00. The van der Waals surface area contributed by atoms with Crippen LogP contribution >= 0.6 is 0 Å². The highest BCUT2D eigenvalue weighted by Gasteiger charge is 2.32. The molecule has 0 spiro atoms. The van der Waals surface area contributed by atoms with Gasteiger partial charge in [0.05, 0.1) is 22.6 Å². The summed E-state index contributed by atoms with van der Waals surface area (Å²) < 4.78 is 27.2. The van der Waals surface area contributed by atoms with E-state index in [0.29, 0.717) is 17.6 Å². The second-order valence-electron chi connectivity index (χ2n) is 8.52. The Morgan fingerprint density at radius 3 is 2.68 bits per heavy atom. The van der Waals surface area contributed by atoms with Crippen LogP contribution in [0.5, 0.6) is 0 Å². The highest BCUT2D eigenvalue weighted by atomic mass is 19.2. The molecule has 2 saturated heterocycles. The van der Waals surface area contributed by atoms with E-state index in [9.17, 15) is 13.6 Å². The molecule has 6 nitrogen and oxygen atoms in total. The van der Waals surface area contributed by atoms with Gasteiger partial charge < -0.3 is 10.6 Å². The summed E-state index contributed by atoms with van der Waals surface area (Å²) in [5, 5.41) is 8.65. The SMILES string of the molecule is NC(=O)N(c1ccc(F)c(F)c1)c1ccc2[nH]nc(C3CCN4CCCCC4C3)c2c1. The molecule has 0 radical (unpaired) electrons. The third kappa shape index (κ3) is 3.65. The van der Waals surface area contributed by atoms with Gasteiger partial charge >= 0.3 is 6.03 Å². The molecule has 8 heteroatoms. The second-order valence-corrected chi connectivity index (χ2v) is 8.52. The number of rotatable bonds is 3. The number of piperidine rings is 2. The number of H-pyrrole nitrogens is 1. The molecular weight excluding hydrogens is 400 g/mol. The number of aromatic nitrogens is 2. The number of carbonyl (C=O) groups is 1. The molecule has 3 N–H and O–H groups in total. The van der Waals surface area contributed by atoms with Gasteiger partial charge in [-0.25, -0.2) is 13.6 Å². The van der Waals surface area contributed by atoms with Crippen molar-refractivity contribution in [2.24, 2.45) is 5.73 Å². The van der Waals surface area contributed by atoms with Crippen LogP contribution in [0.25, 0.3) is 10.9 Å². The van der Waals surface area contributed by atoms with Crippen LogP contribution < -0.4 is 10.6 Å².